The van der Waals surface area contributed by atoms with Crippen molar-refractivity contribution < 1.29 is 4.79 Å². The molecule has 1 fully saturated rings. The van der Waals surface area contributed by atoms with Crippen LogP contribution < -0.4 is 5.32 Å². The van der Waals surface area contributed by atoms with Crippen molar-refractivity contribution in [1.82, 2.24) is 15.2 Å². The van der Waals surface area contributed by atoms with Gasteiger partial charge in [0.2, 0.25) is 0 Å². The molecule has 2 aromatic rings. The molecule has 1 aliphatic heterocycles. The summed E-state index contributed by atoms with van der Waals surface area (Å²) in [6.45, 7) is 9.28. The van der Waals surface area contributed by atoms with Gasteiger partial charge in [0.15, 0.2) is 0 Å². The number of amides is 1. The van der Waals surface area contributed by atoms with Gasteiger partial charge in [-0.05, 0) is 64.4 Å². The van der Waals surface area contributed by atoms with Gasteiger partial charge in [0, 0.05) is 17.0 Å². The van der Waals surface area contributed by atoms with E-state index in [4.69, 9.17) is 0 Å². The molecule has 1 N–H and O–H groups in total. The topological polar surface area (TPSA) is 45.2 Å². The highest BCUT2D eigenvalue weighted by molar-refractivity contribution is 7.11. The summed E-state index contributed by atoms with van der Waals surface area (Å²) in [5.41, 5.74) is 2.95. The average molecular weight is 343 g/mol. The molecule has 0 bridgehead atoms. The molecule has 3 rings (SSSR count). The zero-order valence-electron chi connectivity index (χ0n) is 14.6. The molecule has 0 radical (unpaired) electrons. The van der Waals surface area contributed by atoms with Gasteiger partial charge in [-0.1, -0.05) is 12.1 Å². The lowest BCUT2D eigenvalue weighted by molar-refractivity contribution is 0.0940. The lowest BCUT2D eigenvalue weighted by Gasteiger charge is -2.16. The van der Waals surface area contributed by atoms with Crippen LogP contribution in [0.5, 0.6) is 0 Å². The fourth-order valence-corrected chi connectivity index (χ4v) is 4.23. The Kier molecular flexibility index (Phi) is 5.31. The molecule has 0 saturated carbocycles. The number of likely N-dealkylation sites (tertiary alicyclic amines) is 1. The van der Waals surface area contributed by atoms with Gasteiger partial charge in [-0.2, -0.15) is 0 Å². The fourth-order valence-electron chi connectivity index (χ4n) is 3.30. The Bertz CT molecular complexity index is 719. The molecule has 24 heavy (non-hydrogen) atoms. The molecule has 1 aromatic heterocycles. The third-order valence-corrected chi connectivity index (χ3v) is 5.73. The first kappa shape index (κ1) is 17.1. The second-order valence-electron chi connectivity index (χ2n) is 6.56. The Hall–Kier alpha value is -1.72. The minimum absolute atomic E-state index is 0.0174. The van der Waals surface area contributed by atoms with E-state index in [1.807, 2.05) is 39.0 Å². The summed E-state index contributed by atoms with van der Waals surface area (Å²) >= 11 is 1.65. The van der Waals surface area contributed by atoms with E-state index >= 15 is 0 Å². The van der Waals surface area contributed by atoms with E-state index < -0.39 is 0 Å². The molecule has 1 atom stereocenters. The molecular formula is C19H25N3OS. The molecule has 2 heterocycles. The van der Waals surface area contributed by atoms with Crippen LogP contribution in [0.1, 0.15) is 57.3 Å². The van der Waals surface area contributed by atoms with Gasteiger partial charge in [-0.25, -0.2) is 4.98 Å². The van der Waals surface area contributed by atoms with E-state index in [1.54, 1.807) is 11.3 Å². The quantitative estimate of drug-likeness (QED) is 0.897. The molecule has 0 unspecified atom stereocenters. The number of carbonyl (C=O) groups excluding carboxylic acids is 1. The lowest BCUT2D eigenvalue weighted by atomic mass is 10.1. The molecule has 1 aliphatic rings. The largest absolute Gasteiger partial charge is 0.345 e. The van der Waals surface area contributed by atoms with Crippen LogP contribution in [0.4, 0.5) is 0 Å². The minimum atomic E-state index is -0.0223. The van der Waals surface area contributed by atoms with Gasteiger partial charge >= 0.3 is 0 Å². The summed E-state index contributed by atoms with van der Waals surface area (Å²) < 4.78 is 0. The van der Waals surface area contributed by atoms with E-state index in [-0.39, 0.29) is 11.9 Å². The molecule has 0 aliphatic carbocycles. The number of aryl methyl sites for hydroxylation is 2. The van der Waals surface area contributed by atoms with E-state index in [2.05, 4.69) is 21.3 Å². The average Bonchev–Trinajstić information content (AvgIpc) is 3.17. The number of nitrogens with one attached hydrogen (secondary N) is 1. The van der Waals surface area contributed by atoms with E-state index in [0.717, 1.165) is 40.8 Å². The van der Waals surface area contributed by atoms with E-state index in [9.17, 15) is 4.79 Å². The van der Waals surface area contributed by atoms with Crippen LogP contribution in [0.15, 0.2) is 24.3 Å². The van der Waals surface area contributed by atoms with E-state index in [0.29, 0.717) is 0 Å². The van der Waals surface area contributed by atoms with Gasteiger partial charge in [0.1, 0.15) is 0 Å². The summed E-state index contributed by atoms with van der Waals surface area (Å²) in [6, 6.07) is 7.97. The highest BCUT2D eigenvalue weighted by Crippen LogP contribution is 2.24. The first-order chi connectivity index (χ1) is 11.5. The summed E-state index contributed by atoms with van der Waals surface area (Å²) in [5, 5.41) is 4.14. The molecular weight excluding hydrogens is 318 g/mol. The molecule has 1 saturated heterocycles. The number of aromatic nitrogens is 1. The van der Waals surface area contributed by atoms with Crippen LogP contribution in [0, 0.1) is 13.8 Å². The standard InChI is InChI=1S/C19H25N3OS/c1-13-18(24-15(3)20-13)14(2)21-19(23)17-8-6-7-16(11-17)12-22-9-4-5-10-22/h6-8,11,14H,4-5,9-10,12H2,1-3H3,(H,21,23)/t14-/m1/s1. The maximum atomic E-state index is 12.6. The monoisotopic (exact) mass is 343 g/mol. The molecule has 128 valence electrons. The van der Waals surface area contributed by atoms with Crippen molar-refractivity contribution in [2.75, 3.05) is 13.1 Å². The number of rotatable bonds is 5. The Morgan fingerprint density at radius 2 is 2.08 bits per heavy atom. The third-order valence-electron chi connectivity index (χ3n) is 4.47. The van der Waals surface area contributed by atoms with Crippen molar-refractivity contribution in [1.29, 1.82) is 0 Å². The Morgan fingerprint density at radius 1 is 1.33 bits per heavy atom. The number of hydrogen-bond donors (Lipinski definition) is 1. The number of benzene rings is 1. The molecule has 1 amide bonds. The number of hydrogen-bond acceptors (Lipinski definition) is 4. The van der Waals surface area contributed by atoms with Crippen molar-refractivity contribution in [3.63, 3.8) is 0 Å². The first-order valence-electron chi connectivity index (χ1n) is 8.59. The second kappa shape index (κ2) is 7.45. The Balaban J connectivity index is 1.67. The highest BCUT2D eigenvalue weighted by Gasteiger charge is 2.17. The Labute approximate surface area is 147 Å². The van der Waals surface area contributed by atoms with Crippen LogP contribution >= 0.6 is 11.3 Å². The lowest BCUT2D eigenvalue weighted by Crippen LogP contribution is -2.27. The first-order valence-corrected chi connectivity index (χ1v) is 9.40. The van der Waals surface area contributed by atoms with Gasteiger partial charge in [0.05, 0.1) is 16.7 Å². The SMILES string of the molecule is Cc1nc(C)c([C@@H](C)NC(=O)c2cccc(CN3CCCC3)c2)s1. The van der Waals surface area contributed by atoms with Crippen LogP contribution in [-0.2, 0) is 6.54 Å². The van der Waals surface area contributed by atoms with Crippen LogP contribution in [0.2, 0.25) is 0 Å². The summed E-state index contributed by atoms with van der Waals surface area (Å²) in [4.78, 5) is 20.6. The van der Waals surface area contributed by atoms with Gasteiger partial charge in [0.25, 0.3) is 5.91 Å². The van der Waals surface area contributed by atoms with Crippen molar-refractivity contribution >= 4 is 17.2 Å². The van der Waals surface area contributed by atoms with Gasteiger partial charge < -0.3 is 5.32 Å². The van der Waals surface area contributed by atoms with Crippen molar-refractivity contribution in [3.8, 4) is 0 Å². The summed E-state index contributed by atoms with van der Waals surface area (Å²) in [7, 11) is 0. The normalized spacial score (nSPS) is 16.3. The van der Waals surface area contributed by atoms with Gasteiger partial charge in [-0.3, -0.25) is 9.69 Å². The zero-order valence-corrected chi connectivity index (χ0v) is 15.4. The number of carbonyl (C=O) groups is 1. The van der Waals surface area contributed by atoms with Crippen LogP contribution in [0.3, 0.4) is 0 Å². The smallest absolute Gasteiger partial charge is 0.251 e. The Morgan fingerprint density at radius 3 is 2.75 bits per heavy atom. The van der Waals surface area contributed by atoms with Crippen molar-refractivity contribution in [2.24, 2.45) is 0 Å². The molecule has 0 spiro atoms. The highest BCUT2D eigenvalue weighted by atomic mass is 32.1. The molecule has 1 aromatic carbocycles. The maximum Gasteiger partial charge on any atom is 0.251 e. The minimum Gasteiger partial charge on any atom is -0.345 e. The maximum absolute atomic E-state index is 12.6. The van der Waals surface area contributed by atoms with Crippen molar-refractivity contribution in [3.05, 3.63) is 51.0 Å². The van der Waals surface area contributed by atoms with Gasteiger partial charge in [-0.15, -0.1) is 11.3 Å². The van der Waals surface area contributed by atoms with E-state index in [1.165, 1.54) is 18.4 Å². The number of nitrogens with zero attached hydrogens (tertiary/aromatic N) is 2. The fraction of sp³-hybridized carbons (Fsp3) is 0.474. The molecule has 5 heteroatoms. The summed E-state index contributed by atoms with van der Waals surface area (Å²) in [5.74, 6) is -0.0174. The second-order valence-corrected chi connectivity index (χ2v) is 7.80. The predicted molar refractivity (Wildman–Crippen MR) is 98.4 cm³/mol. The van der Waals surface area contributed by atoms with Crippen LogP contribution in [0.25, 0.3) is 0 Å². The predicted octanol–water partition coefficient (Wildman–Crippen LogP) is 3.85. The summed E-state index contributed by atoms with van der Waals surface area (Å²) in [6.07, 6.45) is 2.57. The zero-order chi connectivity index (χ0) is 17.1. The third kappa shape index (κ3) is 4.02. The van der Waals surface area contributed by atoms with Crippen molar-refractivity contribution in [2.45, 2.75) is 46.2 Å². The van der Waals surface area contributed by atoms with Crippen LogP contribution in [-0.4, -0.2) is 28.9 Å². The number of thiazole rings is 1. The molecule has 4 nitrogen and oxygen atoms in total.